The van der Waals surface area contributed by atoms with Crippen LogP contribution in [0, 0.1) is 35.5 Å². The molecule has 0 aromatic carbocycles. The predicted octanol–water partition coefficient (Wildman–Crippen LogP) is 0.930. The van der Waals surface area contributed by atoms with Crippen molar-refractivity contribution in [2.45, 2.75) is 22.6 Å². The number of ether oxygens (including phenoxy) is 3. The Morgan fingerprint density at radius 3 is 2.22 bits per heavy atom. The lowest BCUT2D eigenvalue weighted by atomic mass is 9.17. The molecule has 0 N–H and O–H groups in total. The number of alkyl halides is 1. The molecule has 1 aliphatic heterocycles. The number of esters is 1. The fourth-order valence-electron chi connectivity index (χ4n) is 6.97. The summed E-state index contributed by atoms with van der Waals surface area (Å²) in [6.45, 7) is 2.93. The second kappa shape index (κ2) is 2.21. The van der Waals surface area contributed by atoms with Gasteiger partial charge in [0.05, 0.1) is 17.5 Å². The van der Waals surface area contributed by atoms with Crippen molar-refractivity contribution in [2.75, 3.05) is 13.2 Å². The van der Waals surface area contributed by atoms with Gasteiger partial charge in [-0.15, -0.1) is 0 Å². The molecule has 7 rings (SSSR count). The molecule has 0 amide bonds. The summed E-state index contributed by atoms with van der Waals surface area (Å²) in [6.07, 6.45) is 0. The summed E-state index contributed by atoms with van der Waals surface area (Å²) < 4.78 is 17.8. The molecule has 8 atom stereocenters. The first-order valence-electron chi connectivity index (χ1n) is 6.77. The Hall–Kier alpha value is -0.130. The lowest BCUT2D eigenvalue weighted by Gasteiger charge is -2.89. The number of halogens is 1. The van der Waals surface area contributed by atoms with E-state index in [0.29, 0.717) is 48.7 Å². The maximum Gasteiger partial charge on any atom is 0.303 e. The van der Waals surface area contributed by atoms with E-state index in [1.54, 1.807) is 0 Å². The van der Waals surface area contributed by atoms with Crippen LogP contribution >= 0.6 is 15.9 Å². The molecule has 6 aliphatic carbocycles. The fourth-order valence-corrected chi connectivity index (χ4v) is 8.60. The zero-order chi connectivity index (χ0) is 12.1. The standard InChI is InChI=1S/C13H13BrO4/c1-4(15)18-11-5-8-6(11)10-7(11)9(5)12(8,14)13(10)16-2-3-17-13/h5-10H,2-3H2,1H3/t5?,6-,7-,8-,9+,10?,11?,12?/m0/s1. The van der Waals surface area contributed by atoms with Crippen molar-refractivity contribution in [1.82, 2.24) is 0 Å². The number of carbonyl (C=O) groups excluding carboxylic acids is 1. The maximum atomic E-state index is 11.3. The topological polar surface area (TPSA) is 44.8 Å². The molecule has 2 bridgehead atoms. The summed E-state index contributed by atoms with van der Waals surface area (Å²) >= 11 is 3.97. The summed E-state index contributed by atoms with van der Waals surface area (Å²) in [5.41, 5.74) is -0.109. The van der Waals surface area contributed by atoms with E-state index in [4.69, 9.17) is 14.2 Å². The largest absolute Gasteiger partial charge is 0.458 e. The Bertz CT molecular complexity index is 505. The van der Waals surface area contributed by atoms with Gasteiger partial charge in [0.15, 0.2) is 5.79 Å². The van der Waals surface area contributed by atoms with E-state index in [1.807, 2.05) is 0 Å². The van der Waals surface area contributed by atoms with Gasteiger partial charge in [-0.05, 0) is 11.8 Å². The second-order valence-corrected chi connectivity index (χ2v) is 8.05. The Labute approximate surface area is 112 Å². The van der Waals surface area contributed by atoms with E-state index < -0.39 is 5.79 Å². The molecular formula is C13H13BrO4. The van der Waals surface area contributed by atoms with Crippen LogP contribution in [0.5, 0.6) is 0 Å². The summed E-state index contributed by atoms with van der Waals surface area (Å²) in [7, 11) is 0. The number of carbonyl (C=O) groups is 1. The van der Waals surface area contributed by atoms with Gasteiger partial charge >= 0.3 is 5.97 Å². The molecule has 0 aromatic rings. The van der Waals surface area contributed by atoms with Crippen LogP contribution in [0.4, 0.5) is 0 Å². The summed E-state index contributed by atoms with van der Waals surface area (Å²) in [6, 6.07) is 0. The van der Waals surface area contributed by atoms with E-state index in [0.717, 1.165) is 0 Å². The van der Waals surface area contributed by atoms with Gasteiger partial charge in [-0.25, -0.2) is 0 Å². The average molecular weight is 313 g/mol. The second-order valence-electron chi connectivity index (χ2n) is 6.73. The van der Waals surface area contributed by atoms with Crippen LogP contribution in [0.2, 0.25) is 0 Å². The van der Waals surface area contributed by atoms with Crippen molar-refractivity contribution < 1.29 is 19.0 Å². The van der Waals surface area contributed by atoms with Crippen molar-refractivity contribution in [3.05, 3.63) is 0 Å². The molecule has 7 aliphatic rings. The maximum absolute atomic E-state index is 11.3. The molecule has 18 heavy (non-hydrogen) atoms. The highest BCUT2D eigenvalue weighted by molar-refractivity contribution is 9.10. The van der Waals surface area contributed by atoms with Crippen molar-refractivity contribution in [3.63, 3.8) is 0 Å². The minimum Gasteiger partial charge on any atom is -0.458 e. The number of rotatable bonds is 1. The zero-order valence-corrected chi connectivity index (χ0v) is 11.5. The summed E-state index contributed by atoms with van der Waals surface area (Å²) in [5, 5.41) is 0. The molecule has 4 unspecified atom stereocenters. The first-order chi connectivity index (χ1) is 8.61. The number of hydrogen-bond acceptors (Lipinski definition) is 4. The molecule has 6 saturated carbocycles. The van der Waals surface area contributed by atoms with Crippen LogP contribution in [0.25, 0.3) is 0 Å². The van der Waals surface area contributed by atoms with Crippen LogP contribution in [-0.2, 0) is 19.0 Å². The summed E-state index contributed by atoms with van der Waals surface area (Å²) in [5.74, 6) is 2.70. The van der Waals surface area contributed by atoms with Crippen molar-refractivity contribution >= 4 is 21.9 Å². The van der Waals surface area contributed by atoms with Crippen LogP contribution in [0.15, 0.2) is 0 Å². The molecular weight excluding hydrogens is 300 g/mol. The molecule has 0 aromatic heterocycles. The highest BCUT2D eigenvalue weighted by atomic mass is 79.9. The van der Waals surface area contributed by atoms with Crippen LogP contribution in [-0.4, -0.2) is 34.9 Å². The highest BCUT2D eigenvalue weighted by Gasteiger charge is 3.10. The van der Waals surface area contributed by atoms with E-state index in [2.05, 4.69) is 15.9 Å². The Kier molecular flexibility index (Phi) is 1.19. The minimum absolute atomic E-state index is 0.0308. The Balaban J connectivity index is 1.49. The van der Waals surface area contributed by atoms with E-state index in [9.17, 15) is 4.79 Å². The number of hydrogen-bond donors (Lipinski definition) is 0. The Morgan fingerprint density at radius 2 is 1.67 bits per heavy atom. The van der Waals surface area contributed by atoms with Crippen molar-refractivity contribution in [3.8, 4) is 0 Å². The minimum atomic E-state index is -0.395. The molecule has 0 radical (unpaired) electrons. The van der Waals surface area contributed by atoms with Gasteiger partial charge in [-0.3, -0.25) is 4.79 Å². The van der Waals surface area contributed by atoms with Gasteiger partial charge in [0.1, 0.15) is 5.60 Å². The summed E-state index contributed by atoms with van der Waals surface area (Å²) in [4.78, 5) is 11.3. The molecule has 4 nitrogen and oxygen atoms in total. The lowest BCUT2D eigenvalue weighted by molar-refractivity contribution is -0.459. The molecule has 7 fully saturated rings. The first kappa shape index (κ1) is 9.72. The van der Waals surface area contributed by atoms with E-state index >= 15 is 0 Å². The van der Waals surface area contributed by atoms with Gasteiger partial charge in [-0.2, -0.15) is 0 Å². The zero-order valence-electron chi connectivity index (χ0n) is 9.89. The van der Waals surface area contributed by atoms with Gasteiger partial charge in [-0.1, -0.05) is 15.9 Å². The molecule has 96 valence electrons. The Morgan fingerprint density at radius 1 is 1.11 bits per heavy atom. The average Bonchev–Trinajstić information content (AvgIpc) is 2.86. The third-order valence-corrected chi connectivity index (χ3v) is 8.47. The molecule has 5 heteroatoms. The quantitative estimate of drug-likeness (QED) is 0.534. The van der Waals surface area contributed by atoms with Crippen LogP contribution in [0.1, 0.15) is 6.92 Å². The molecule has 1 heterocycles. The third kappa shape index (κ3) is 0.511. The van der Waals surface area contributed by atoms with Crippen LogP contribution in [0.3, 0.4) is 0 Å². The van der Waals surface area contributed by atoms with E-state index in [-0.39, 0.29) is 15.9 Å². The monoisotopic (exact) mass is 312 g/mol. The highest BCUT2D eigenvalue weighted by Crippen LogP contribution is 3.02. The smallest absolute Gasteiger partial charge is 0.303 e. The molecule has 1 spiro atoms. The molecule has 1 saturated heterocycles. The van der Waals surface area contributed by atoms with Crippen molar-refractivity contribution in [2.24, 2.45) is 35.5 Å². The van der Waals surface area contributed by atoms with Crippen molar-refractivity contribution in [1.29, 1.82) is 0 Å². The van der Waals surface area contributed by atoms with Crippen LogP contribution < -0.4 is 0 Å². The van der Waals surface area contributed by atoms with Gasteiger partial charge < -0.3 is 14.2 Å². The fraction of sp³-hybridized carbons (Fsp3) is 0.923. The van der Waals surface area contributed by atoms with Gasteiger partial charge in [0.25, 0.3) is 0 Å². The third-order valence-electron chi connectivity index (χ3n) is 6.86. The predicted molar refractivity (Wildman–Crippen MR) is 61.7 cm³/mol. The SMILES string of the molecule is CC(=O)OC12C3[C@@H]4[C@H]1C1[C@@H]2[C@H]3C4(Br)C12OCCO2. The normalized spacial score (nSPS) is 69.9. The lowest BCUT2D eigenvalue weighted by Crippen LogP contribution is -2.96. The van der Waals surface area contributed by atoms with Gasteiger partial charge in [0.2, 0.25) is 0 Å². The van der Waals surface area contributed by atoms with Gasteiger partial charge in [0, 0.05) is 30.6 Å². The first-order valence-corrected chi connectivity index (χ1v) is 7.56. The van der Waals surface area contributed by atoms with E-state index in [1.165, 1.54) is 6.92 Å².